The fourth-order valence-corrected chi connectivity index (χ4v) is 2.01. The lowest BCUT2D eigenvalue weighted by molar-refractivity contribution is 0.288. The molecule has 7 heteroatoms. The Morgan fingerprint density at radius 3 is 2.65 bits per heavy atom. The fraction of sp³-hybridized carbons (Fsp3) is 0.312. The van der Waals surface area contributed by atoms with E-state index in [1.54, 1.807) is 6.07 Å². The number of hydrogen-bond donors (Lipinski definition) is 2. The Morgan fingerprint density at radius 1 is 1.26 bits per heavy atom. The van der Waals surface area contributed by atoms with Crippen LogP contribution in [0, 0.1) is 23.1 Å². The number of hydrogen-bond acceptors (Lipinski definition) is 6. The predicted octanol–water partition coefficient (Wildman–Crippen LogP) is 2.74. The second-order valence-electron chi connectivity index (χ2n) is 5.51. The van der Waals surface area contributed by atoms with E-state index in [0.29, 0.717) is 23.8 Å². The lowest BCUT2D eigenvalue weighted by atomic mass is 10.1. The molecular formula is C16H18FN5O. The molecule has 0 aliphatic carbocycles. The first-order valence-electron chi connectivity index (χ1n) is 7.17. The average Bonchev–Trinajstić information content (AvgIpc) is 2.45. The van der Waals surface area contributed by atoms with E-state index in [9.17, 15) is 9.65 Å². The van der Waals surface area contributed by atoms with Crippen LogP contribution in [0.5, 0.6) is 5.75 Å². The van der Waals surface area contributed by atoms with Crippen molar-refractivity contribution in [3.8, 4) is 23.1 Å². The van der Waals surface area contributed by atoms with Crippen molar-refractivity contribution in [1.82, 2.24) is 9.97 Å². The van der Waals surface area contributed by atoms with Crippen LogP contribution in [0.4, 0.5) is 16.2 Å². The molecule has 6 nitrogen and oxygen atoms in total. The van der Waals surface area contributed by atoms with Gasteiger partial charge in [0.2, 0.25) is 5.95 Å². The number of anilines is 2. The molecule has 1 heterocycles. The summed E-state index contributed by atoms with van der Waals surface area (Å²) < 4.78 is 19.4. The Balaban J connectivity index is 2.41. The summed E-state index contributed by atoms with van der Waals surface area (Å²) in [5, 5.41) is 9.22. The highest BCUT2D eigenvalue weighted by Gasteiger charge is 2.15. The average molecular weight is 315 g/mol. The van der Waals surface area contributed by atoms with Crippen molar-refractivity contribution < 1.29 is 9.13 Å². The quantitative estimate of drug-likeness (QED) is 0.877. The van der Waals surface area contributed by atoms with E-state index in [4.69, 9.17) is 16.2 Å². The fourth-order valence-electron chi connectivity index (χ4n) is 2.01. The van der Waals surface area contributed by atoms with Crippen molar-refractivity contribution >= 4 is 11.8 Å². The SMILES string of the molecule is CC(C)CCOc1cc(F)cc(-c2nc(N)nc(N)c2C#N)c1. The first-order valence-corrected chi connectivity index (χ1v) is 7.17. The molecule has 0 atom stereocenters. The summed E-state index contributed by atoms with van der Waals surface area (Å²) in [6.45, 7) is 4.62. The van der Waals surface area contributed by atoms with Gasteiger partial charge in [0.1, 0.15) is 29.0 Å². The zero-order valence-corrected chi connectivity index (χ0v) is 13.0. The van der Waals surface area contributed by atoms with Crippen molar-refractivity contribution in [2.24, 2.45) is 5.92 Å². The standard InChI is InChI=1S/C16H18FN5O/c1-9(2)3-4-23-12-6-10(5-11(17)7-12)14-13(8-18)15(19)22-16(20)21-14/h5-7,9H,3-4H2,1-2H3,(H4,19,20,21,22). The molecule has 4 N–H and O–H groups in total. The lowest BCUT2D eigenvalue weighted by Gasteiger charge is -2.11. The molecule has 2 aromatic rings. The van der Waals surface area contributed by atoms with Crippen LogP contribution in [0.25, 0.3) is 11.3 Å². The number of aromatic nitrogens is 2. The smallest absolute Gasteiger partial charge is 0.222 e. The summed E-state index contributed by atoms with van der Waals surface area (Å²) in [6, 6.07) is 6.05. The molecule has 0 saturated heterocycles. The third-order valence-electron chi connectivity index (χ3n) is 3.17. The molecule has 1 aromatic carbocycles. The summed E-state index contributed by atoms with van der Waals surface area (Å²) in [7, 11) is 0. The van der Waals surface area contributed by atoms with Gasteiger partial charge in [-0.3, -0.25) is 0 Å². The first kappa shape index (κ1) is 16.5. The predicted molar refractivity (Wildman–Crippen MR) is 85.9 cm³/mol. The van der Waals surface area contributed by atoms with Gasteiger partial charge in [0.15, 0.2) is 0 Å². The number of nitrogens with zero attached hydrogens (tertiary/aromatic N) is 3. The van der Waals surface area contributed by atoms with Gasteiger partial charge >= 0.3 is 0 Å². The molecule has 23 heavy (non-hydrogen) atoms. The minimum Gasteiger partial charge on any atom is -0.493 e. The van der Waals surface area contributed by atoms with E-state index >= 15 is 0 Å². The number of ether oxygens (including phenoxy) is 1. The van der Waals surface area contributed by atoms with Crippen LogP contribution in [-0.4, -0.2) is 16.6 Å². The molecule has 0 radical (unpaired) electrons. The number of benzene rings is 1. The third kappa shape index (κ3) is 4.07. The van der Waals surface area contributed by atoms with Gasteiger partial charge in [0.05, 0.1) is 12.3 Å². The van der Waals surface area contributed by atoms with Crippen LogP contribution >= 0.6 is 0 Å². The van der Waals surface area contributed by atoms with Crippen molar-refractivity contribution in [2.75, 3.05) is 18.1 Å². The van der Waals surface area contributed by atoms with E-state index in [-0.39, 0.29) is 23.0 Å². The Bertz CT molecular complexity index is 755. The van der Waals surface area contributed by atoms with Crippen molar-refractivity contribution in [3.05, 3.63) is 29.6 Å². The first-order chi connectivity index (χ1) is 10.9. The van der Waals surface area contributed by atoms with Crippen molar-refractivity contribution in [1.29, 1.82) is 5.26 Å². The van der Waals surface area contributed by atoms with Gasteiger partial charge in [0, 0.05) is 11.6 Å². The van der Waals surface area contributed by atoms with E-state index < -0.39 is 5.82 Å². The number of rotatable bonds is 5. The van der Waals surface area contributed by atoms with Crippen molar-refractivity contribution in [2.45, 2.75) is 20.3 Å². The number of nitrogens with two attached hydrogens (primary N) is 2. The molecule has 0 amide bonds. The van der Waals surface area contributed by atoms with Crippen LogP contribution in [0.1, 0.15) is 25.8 Å². The maximum absolute atomic E-state index is 13.9. The van der Waals surface area contributed by atoms with Gasteiger partial charge in [-0.25, -0.2) is 9.37 Å². The molecule has 0 fully saturated rings. The highest BCUT2D eigenvalue weighted by Crippen LogP contribution is 2.29. The van der Waals surface area contributed by atoms with Gasteiger partial charge < -0.3 is 16.2 Å². The minimum absolute atomic E-state index is 0.0402. The van der Waals surface area contributed by atoms with E-state index in [2.05, 4.69) is 23.8 Å². The molecule has 0 unspecified atom stereocenters. The third-order valence-corrected chi connectivity index (χ3v) is 3.17. The molecule has 2 rings (SSSR count). The van der Waals surface area contributed by atoms with Gasteiger partial charge in [0.25, 0.3) is 0 Å². The zero-order valence-electron chi connectivity index (χ0n) is 13.0. The van der Waals surface area contributed by atoms with Gasteiger partial charge in [-0.15, -0.1) is 0 Å². The molecular weight excluding hydrogens is 297 g/mol. The van der Waals surface area contributed by atoms with Crippen LogP contribution in [0.2, 0.25) is 0 Å². The van der Waals surface area contributed by atoms with Gasteiger partial charge in [-0.05, 0) is 24.5 Å². The van der Waals surface area contributed by atoms with E-state index in [0.717, 1.165) is 6.42 Å². The monoisotopic (exact) mass is 315 g/mol. The minimum atomic E-state index is -0.498. The summed E-state index contributed by atoms with van der Waals surface area (Å²) >= 11 is 0. The Hall–Kier alpha value is -2.88. The van der Waals surface area contributed by atoms with Crippen molar-refractivity contribution in [3.63, 3.8) is 0 Å². The topological polar surface area (TPSA) is 111 Å². The molecule has 0 saturated carbocycles. The van der Waals surface area contributed by atoms with Gasteiger partial charge in [-0.1, -0.05) is 13.8 Å². The normalized spacial score (nSPS) is 10.6. The summed E-state index contributed by atoms with van der Waals surface area (Å²) in [5.74, 6) is 0.223. The largest absolute Gasteiger partial charge is 0.493 e. The van der Waals surface area contributed by atoms with Crippen LogP contribution in [0.15, 0.2) is 18.2 Å². The number of nitriles is 1. The highest BCUT2D eigenvalue weighted by atomic mass is 19.1. The number of halogens is 1. The zero-order chi connectivity index (χ0) is 17.0. The summed E-state index contributed by atoms with van der Waals surface area (Å²) in [4.78, 5) is 7.75. The second-order valence-corrected chi connectivity index (χ2v) is 5.51. The lowest BCUT2D eigenvalue weighted by Crippen LogP contribution is -2.05. The molecule has 0 aliphatic rings. The molecule has 1 aromatic heterocycles. The summed E-state index contributed by atoms with van der Waals surface area (Å²) in [5.41, 5.74) is 11.9. The Kier molecular flexibility index (Phi) is 4.96. The Morgan fingerprint density at radius 2 is 2.00 bits per heavy atom. The van der Waals surface area contributed by atoms with Gasteiger partial charge in [-0.2, -0.15) is 10.2 Å². The second kappa shape index (κ2) is 6.92. The molecule has 0 aliphatic heterocycles. The maximum atomic E-state index is 13.9. The van der Waals surface area contributed by atoms with E-state index in [1.807, 2.05) is 6.07 Å². The van der Waals surface area contributed by atoms with Crippen LogP contribution in [-0.2, 0) is 0 Å². The maximum Gasteiger partial charge on any atom is 0.222 e. The highest BCUT2D eigenvalue weighted by molar-refractivity contribution is 5.73. The van der Waals surface area contributed by atoms with Crippen LogP contribution < -0.4 is 16.2 Å². The number of nitrogen functional groups attached to an aromatic ring is 2. The molecule has 0 spiro atoms. The molecule has 120 valence electrons. The molecule has 0 bridgehead atoms. The van der Waals surface area contributed by atoms with E-state index in [1.165, 1.54) is 12.1 Å². The summed E-state index contributed by atoms with van der Waals surface area (Å²) in [6.07, 6.45) is 0.850. The Labute approximate surface area is 133 Å². The van der Waals surface area contributed by atoms with Crippen LogP contribution in [0.3, 0.4) is 0 Å².